The quantitative estimate of drug-likeness (QED) is 0.392. The number of nitrogens with one attached hydrogen (secondary N) is 1. The van der Waals surface area contributed by atoms with E-state index in [2.05, 4.69) is 50.0 Å². The fourth-order valence-corrected chi connectivity index (χ4v) is 4.22. The van der Waals surface area contributed by atoms with Gasteiger partial charge in [0, 0.05) is 49.5 Å². The van der Waals surface area contributed by atoms with Gasteiger partial charge < -0.3 is 14.8 Å². The molecule has 1 aliphatic heterocycles. The second-order valence-electron chi connectivity index (χ2n) is 7.48. The first kappa shape index (κ1) is 20.5. The summed E-state index contributed by atoms with van der Waals surface area (Å²) in [4.78, 5) is 11.2. The molecule has 1 aliphatic carbocycles. The fraction of sp³-hybridized carbons (Fsp3) is 0.500. The van der Waals surface area contributed by atoms with Gasteiger partial charge in [-0.3, -0.25) is 4.99 Å². The van der Waals surface area contributed by atoms with Crippen LogP contribution in [0.15, 0.2) is 48.0 Å². The number of piperidine rings is 1. The van der Waals surface area contributed by atoms with Gasteiger partial charge >= 0.3 is 0 Å². The number of hydrogen-bond donors (Lipinski definition) is 1. The maximum Gasteiger partial charge on any atom is 0.193 e. The van der Waals surface area contributed by atoms with Gasteiger partial charge in [-0.25, -0.2) is 4.98 Å². The van der Waals surface area contributed by atoms with Gasteiger partial charge in [0.2, 0.25) is 0 Å². The third-order valence-electron chi connectivity index (χ3n) is 5.72. The maximum atomic E-state index is 6.14. The van der Waals surface area contributed by atoms with E-state index >= 15 is 0 Å². The van der Waals surface area contributed by atoms with Gasteiger partial charge in [0.1, 0.15) is 0 Å². The van der Waals surface area contributed by atoms with Crippen molar-refractivity contribution >= 4 is 41.5 Å². The van der Waals surface area contributed by atoms with Gasteiger partial charge in [0.15, 0.2) is 5.96 Å². The Labute approximate surface area is 183 Å². The van der Waals surface area contributed by atoms with Crippen LogP contribution < -0.4 is 5.32 Å². The molecule has 0 amide bonds. The minimum absolute atomic E-state index is 0. The van der Waals surface area contributed by atoms with Crippen molar-refractivity contribution in [2.75, 3.05) is 20.1 Å². The number of aromatic nitrogens is 2. The first-order valence-corrected chi connectivity index (χ1v) is 9.74. The van der Waals surface area contributed by atoms with E-state index in [4.69, 9.17) is 11.6 Å². The zero-order valence-corrected chi connectivity index (χ0v) is 18.8. The number of likely N-dealkylation sites (tertiary alicyclic amines) is 1. The van der Waals surface area contributed by atoms with E-state index in [-0.39, 0.29) is 24.0 Å². The van der Waals surface area contributed by atoms with E-state index in [1.54, 1.807) is 0 Å². The van der Waals surface area contributed by atoms with Crippen LogP contribution in [0.25, 0.3) is 0 Å². The summed E-state index contributed by atoms with van der Waals surface area (Å²) < 4.78 is 2.23. The summed E-state index contributed by atoms with van der Waals surface area (Å²) in [5.74, 6) is 2.17. The average molecular weight is 500 g/mol. The molecule has 4 rings (SSSR count). The molecule has 1 N–H and O–H groups in total. The number of halogens is 2. The van der Waals surface area contributed by atoms with Gasteiger partial charge in [0.25, 0.3) is 0 Å². The summed E-state index contributed by atoms with van der Waals surface area (Å²) in [5.41, 5.74) is 1.31. The van der Waals surface area contributed by atoms with Crippen molar-refractivity contribution in [3.05, 3.63) is 53.6 Å². The molecule has 146 valence electrons. The summed E-state index contributed by atoms with van der Waals surface area (Å²) in [6.07, 6.45) is 8.15. The molecule has 4 unspecified atom stereocenters. The van der Waals surface area contributed by atoms with Crippen LogP contribution in [0.2, 0.25) is 5.02 Å². The lowest BCUT2D eigenvalue weighted by Crippen LogP contribution is -2.49. The van der Waals surface area contributed by atoms with Crippen LogP contribution in [-0.4, -0.2) is 46.6 Å². The Hall–Kier alpha value is -1.28. The third kappa shape index (κ3) is 4.59. The van der Waals surface area contributed by atoms with Crippen molar-refractivity contribution in [2.45, 2.75) is 37.8 Å². The summed E-state index contributed by atoms with van der Waals surface area (Å²) >= 11 is 6.14. The SMILES string of the molecule is CN=C(NC1CC1c1cccc(Cl)c1)N1CCC(C)C(n2ccnc2)C1.I. The highest BCUT2D eigenvalue weighted by Crippen LogP contribution is 2.41. The number of rotatable bonds is 3. The van der Waals surface area contributed by atoms with Crippen molar-refractivity contribution < 1.29 is 0 Å². The van der Waals surface area contributed by atoms with Crippen molar-refractivity contribution in [2.24, 2.45) is 10.9 Å². The van der Waals surface area contributed by atoms with Gasteiger partial charge in [-0.1, -0.05) is 30.7 Å². The molecular weight excluding hydrogens is 473 g/mol. The molecule has 2 aliphatic rings. The maximum absolute atomic E-state index is 6.14. The number of nitrogens with zero attached hydrogens (tertiary/aromatic N) is 4. The third-order valence-corrected chi connectivity index (χ3v) is 5.95. The van der Waals surface area contributed by atoms with E-state index in [0.717, 1.165) is 36.9 Å². The Morgan fingerprint density at radius 2 is 2.22 bits per heavy atom. The highest BCUT2D eigenvalue weighted by atomic mass is 127. The molecule has 2 heterocycles. The number of guanidine groups is 1. The van der Waals surface area contributed by atoms with Crippen LogP contribution in [0.1, 0.15) is 37.3 Å². The normalized spacial score (nSPS) is 27.8. The largest absolute Gasteiger partial charge is 0.353 e. The second kappa shape index (κ2) is 8.82. The van der Waals surface area contributed by atoms with Crippen molar-refractivity contribution in [1.82, 2.24) is 19.8 Å². The lowest BCUT2D eigenvalue weighted by molar-refractivity contribution is 0.189. The summed E-state index contributed by atoms with van der Waals surface area (Å²) in [6.45, 7) is 4.33. The van der Waals surface area contributed by atoms with Crippen molar-refractivity contribution in [3.63, 3.8) is 0 Å². The molecule has 1 aromatic heterocycles. The minimum atomic E-state index is 0. The lowest BCUT2D eigenvalue weighted by atomic mass is 9.93. The number of hydrogen-bond acceptors (Lipinski definition) is 2. The number of imidazole rings is 1. The molecule has 2 aromatic rings. The van der Waals surface area contributed by atoms with Crippen LogP contribution in [0.5, 0.6) is 0 Å². The van der Waals surface area contributed by atoms with Crippen LogP contribution in [0, 0.1) is 5.92 Å². The molecule has 4 atom stereocenters. The first-order valence-electron chi connectivity index (χ1n) is 9.37. The zero-order chi connectivity index (χ0) is 18.1. The number of benzene rings is 1. The van der Waals surface area contributed by atoms with Gasteiger partial charge in [-0.05, 0) is 36.5 Å². The van der Waals surface area contributed by atoms with E-state index in [1.165, 1.54) is 5.56 Å². The lowest BCUT2D eigenvalue weighted by Gasteiger charge is -2.39. The van der Waals surface area contributed by atoms with Crippen LogP contribution in [0.3, 0.4) is 0 Å². The van der Waals surface area contributed by atoms with E-state index in [9.17, 15) is 0 Å². The molecule has 1 aromatic carbocycles. The van der Waals surface area contributed by atoms with Crippen molar-refractivity contribution in [1.29, 1.82) is 0 Å². The Kier molecular flexibility index (Phi) is 6.68. The molecule has 1 saturated carbocycles. The highest BCUT2D eigenvalue weighted by Gasteiger charge is 2.40. The van der Waals surface area contributed by atoms with Gasteiger partial charge in [-0.2, -0.15) is 0 Å². The Morgan fingerprint density at radius 3 is 2.93 bits per heavy atom. The minimum Gasteiger partial charge on any atom is -0.353 e. The monoisotopic (exact) mass is 499 g/mol. The summed E-state index contributed by atoms with van der Waals surface area (Å²) in [7, 11) is 1.88. The predicted molar refractivity (Wildman–Crippen MR) is 121 cm³/mol. The average Bonchev–Trinajstić information content (AvgIpc) is 3.20. The van der Waals surface area contributed by atoms with E-state index in [0.29, 0.717) is 23.9 Å². The Morgan fingerprint density at radius 1 is 1.37 bits per heavy atom. The summed E-state index contributed by atoms with van der Waals surface area (Å²) in [6, 6.07) is 9.09. The molecule has 7 heteroatoms. The Balaban J connectivity index is 0.00000210. The van der Waals surface area contributed by atoms with Crippen LogP contribution in [0.4, 0.5) is 0 Å². The molecule has 1 saturated heterocycles. The molecule has 0 bridgehead atoms. The van der Waals surface area contributed by atoms with Crippen LogP contribution in [-0.2, 0) is 0 Å². The van der Waals surface area contributed by atoms with Gasteiger partial charge in [-0.15, -0.1) is 24.0 Å². The molecule has 0 spiro atoms. The molecule has 27 heavy (non-hydrogen) atoms. The second-order valence-corrected chi connectivity index (χ2v) is 7.92. The predicted octanol–water partition coefficient (Wildman–Crippen LogP) is 4.17. The van der Waals surface area contributed by atoms with Crippen molar-refractivity contribution in [3.8, 4) is 0 Å². The highest BCUT2D eigenvalue weighted by molar-refractivity contribution is 14.0. The van der Waals surface area contributed by atoms with Crippen LogP contribution >= 0.6 is 35.6 Å². The molecule has 2 fully saturated rings. The fourth-order valence-electron chi connectivity index (χ4n) is 4.02. The summed E-state index contributed by atoms with van der Waals surface area (Å²) in [5, 5.41) is 4.48. The topological polar surface area (TPSA) is 45.5 Å². The zero-order valence-electron chi connectivity index (χ0n) is 15.8. The van der Waals surface area contributed by atoms with E-state index < -0.39 is 0 Å². The van der Waals surface area contributed by atoms with E-state index in [1.807, 2.05) is 31.7 Å². The molecule has 5 nitrogen and oxygen atoms in total. The Bertz CT molecular complexity index is 778. The molecule has 0 radical (unpaired) electrons. The number of aliphatic imine (C=N–C) groups is 1. The standard InChI is InChI=1S/C20H26ClN5.HI/c1-14-6-8-25(12-19(14)26-9-7-23-13-26)20(22-2)24-18-11-17(18)15-4-3-5-16(21)10-15;/h3-5,7,9-10,13-14,17-19H,6,8,11-12H2,1-2H3,(H,22,24);1H. The first-order chi connectivity index (χ1) is 12.7. The van der Waals surface area contributed by atoms with Gasteiger partial charge in [0.05, 0.1) is 12.4 Å². The molecular formula is C20H27ClIN5. The smallest absolute Gasteiger partial charge is 0.193 e.